The molecule has 0 aliphatic carbocycles. The number of carbonyl (C=O) groups is 2. The normalized spacial score (nSPS) is 14.1. The molecule has 2 amide bonds. The van der Waals surface area contributed by atoms with Crippen LogP contribution in [0.15, 0.2) is 48.2 Å². The quantitative estimate of drug-likeness (QED) is 0.671. The zero-order chi connectivity index (χ0) is 21.8. The van der Waals surface area contributed by atoms with Gasteiger partial charge in [-0.25, -0.2) is 0 Å². The van der Waals surface area contributed by atoms with Gasteiger partial charge in [-0.1, -0.05) is 24.3 Å². The molecule has 0 saturated heterocycles. The van der Waals surface area contributed by atoms with E-state index in [0.717, 1.165) is 11.1 Å². The maximum Gasteiger partial charge on any atom is 0.278 e. The number of hydrogen-bond acceptors (Lipinski definition) is 5. The Morgan fingerprint density at radius 1 is 1.00 bits per heavy atom. The van der Waals surface area contributed by atoms with Gasteiger partial charge >= 0.3 is 0 Å². The van der Waals surface area contributed by atoms with E-state index in [1.54, 1.807) is 13.2 Å². The smallest absolute Gasteiger partial charge is 0.278 e. The number of methoxy groups -OCH3 is 1. The molecule has 0 radical (unpaired) electrons. The number of benzene rings is 2. The average Bonchev–Trinajstić information content (AvgIpc) is 2.94. The molecule has 1 aliphatic rings. The first-order valence-electron chi connectivity index (χ1n) is 10.0. The molecule has 1 N–H and O–H groups in total. The number of anilines is 1. The number of ether oxygens (including phenoxy) is 2. The van der Waals surface area contributed by atoms with E-state index in [0.29, 0.717) is 29.2 Å². The molecule has 3 rings (SSSR count). The maximum absolute atomic E-state index is 13.2. The number of imide groups is 1. The summed E-state index contributed by atoms with van der Waals surface area (Å²) in [6, 6.07) is 13.0. The lowest BCUT2D eigenvalue weighted by Crippen LogP contribution is -2.35. The molecular formula is C24H28N2O4. The molecule has 158 valence electrons. The van der Waals surface area contributed by atoms with Crippen molar-refractivity contribution < 1.29 is 19.1 Å². The Bertz CT molecular complexity index is 994. The van der Waals surface area contributed by atoms with E-state index in [4.69, 9.17) is 9.47 Å². The van der Waals surface area contributed by atoms with Crippen LogP contribution in [-0.2, 0) is 14.3 Å². The van der Waals surface area contributed by atoms with Crippen LogP contribution in [0.25, 0.3) is 5.57 Å². The molecule has 2 aromatic rings. The minimum Gasteiger partial charge on any atom is -0.497 e. The van der Waals surface area contributed by atoms with Crippen LogP contribution < -0.4 is 10.1 Å². The largest absolute Gasteiger partial charge is 0.497 e. The summed E-state index contributed by atoms with van der Waals surface area (Å²) in [5.74, 6) is -0.0169. The summed E-state index contributed by atoms with van der Waals surface area (Å²) in [6.45, 7) is 8.34. The molecular weight excluding hydrogens is 380 g/mol. The van der Waals surface area contributed by atoms with Gasteiger partial charge in [-0.3, -0.25) is 14.5 Å². The Labute approximate surface area is 177 Å². The fraction of sp³-hybridized carbons (Fsp3) is 0.333. The number of rotatable bonds is 8. The Morgan fingerprint density at radius 3 is 2.43 bits per heavy atom. The summed E-state index contributed by atoms with van der Waals surface area (Å²) >= 11 is 0. The van der Waals surface area contributed by atoms with Gasteiger partial charge in [0.05, 0.1) is 31.9 Å². The third-order valence-corrected chi connectivity index (χ3v) is 5.07. The Morgan fingerprint density at radius 2 is 1.77 bits per heavy atom. The lowest BCUT2D eigenvalue weighted by molar-refractivity contribution is -0.137. The van der Waals surface area contributed by atoms with Crippen LogP contribution in [0.3, 0.4) is 0 Å². The predicted molar refractivity (Wildman–Crippen MR) is 117 cm³/mol. The zero-order valence-corrected chi connectivity index (χ0v) is 18.1. The molecule has 0 aromatic heterocycles. The molecule has 0 bridgehead atoms. The lowest BCUT2D eigenvalue weighted by Gasteiger charge is -2.16. The molecule has 1 aliphatic heterocycles. The summed E-state index contributed by atoms with van der Waals surface area (Å²) in [4.78, 5) is 27.7. The van der Waals surface area contributed by atoms with Crippen LogP contribution in [0.4, 0.5) is 5.69 Å². The summed E-state index contributed by atoms with van der Waals surface area (Å²) in [6.07, 6.45) is 0.0272. The highest BCUT2D eigenvalue weighted by atomic mass is 16.5. The van der Waals surface area contributed by atoms with Crippen molar-refractivity contribution in [1.29, 1.82) is 0 Å². The number of hydrogen-bond donors (Lipinski definition) is 1. The van der Waals surface area contributed by atoms with Gasteiger partial charge in [0.1, 0.15) is 11.4 Å². The molecule has 0 saturated carbocycles. The van der Waals surface area contributed by atoms with Gasteiger partial charge in [0.2, 0.25) is 0 Å². The van der Waals surface area contributed by atoms with Crippen LogP contribution in [0.5, 0.6) is 5.75 Å². The third-order valence-electron chi connectivity index (χ3n) is 5.07. The van der Waals surface area contributed by atoms with Gasteiger partial charge in [0.15, 0.2) is 0 Å². The summed E-state index contributed by atoms with van der Waals surface area (Å²) in [5.41, 5.74) is 4.21. The van der Waals surface area contributed by atoms with Crippen LogP contribution in [-0.4, -0.2) is 43.1 Å². The SMILES string of the molecule is COc1cccc(NC2=C(c3ccc(C)c(C)c3)C(=O)N(CCOC(C)C)C2=O)c1. The van der Waals surface area contributed by atoms with Crippen LogP contribution in [0.2, 0.25) is 0 Å². The van der Waals surface area contributed by atoms with Crippen molar-refractivity contribution in [2.75, 3.05) is 25.6 Å². The summed E-state index contributed by atoms with van der Waals surface area (Å²) < 4.78 is 10.8. The Kier molecular flexibility index (Phi) is 6.57. The van der Waals surface area contributed by atoms with Crippen molar-refractivity contribution in [1.82, 2.24) is 4.90 Å². The van der Waals surface area contributed by atoms with E-state index in [2.05, 4.69) is 5.32 Å². The highest BCUT2D eigenvalue weighted by Gasteiger charge is 2.39. The van der Waals surface area contributed by atoms with Crippen molar-refractivity contribution in [3.05, 3.63) is 64.9 Å². The second kappa shape index (κ2) is 9.13. The predicted octanol–water partition coefficient (Wildman–Crippen LogP) is 3.93. The molecule has 0 atom stereocenters. The number of carbonyl (C=O) groups excluding carboxylic acids is 2. The van der Waals surface area contributed by atoms with Crippen molar-refractivity contribution in [2.24, 2.45) is 0 Å². The first-order valence-corrected chi connectivity index (χ1v) is 10.0. The standard InChI is InChI=1S/C24H28N2O4/c1-15(2)30-12-11-26-23(27)21(18-10-9-16(3)17(4)13-18)22(24(26)28)25-19-7-6-8-20(14-19)29-5/h6-10,13-15,25H,11-12H2,1-5H3. The number of aryl methyl sites for hydroxylation is 2. The molecule has 0 fully saturated rings. The van der Waals surface area contributed by atoms with E-state index in [-0.39, 0.29) is 30.2 Å². The van der Waals surface area contributed by atoms with Gasteiger partial charge in [0.25, 0.3) is 11.8 Å². The van der Waals surface area contributed by atoms with Crippen molar-refractivity contribution in [3.63, 3.8) is 0 Å². The van der Waals surface area contributed by atoms with Gasteiger partial charge < -0.3 is 14.8 Å². The van der Waals surface area contributed by atoms with Gasteiger partial charge in [0, 0.05) is 11.8 Å². The summed E-state index contributed by atoms with van der Waals surface area (Å²) in [5, 5.41) is 3.15. The van der Waals surface area contributed by atoms with Crippen LogP contribution >= 0.6 is 0 Å². The van der Waals surface area contributed by atoms with E-state index in [1.807, 2.05) is 64.1 Å². The highest BCUT2D eigenvalue weighted by molar-refractivity contribution is 6.36. The van der Waals surface area contributed by atoms with Gasteiger partial charge in [-0.15, -0.1) is 0 Å². The monoisotopic (exact) mass is 408 g/mol. The van der Waals surface area contributed by atoms with E-state index >= 15 is 0 Å². The van der Waals surface area contributed by atoms with Crippen molar-refractivity contribution in [3.8, 4) is 5.75 Å². The van der Waals surface area contributed by atoms with E-state index in [1.165, 1.54) is 4.90 Å². The minimum absolute atomic E-state index is 0.0272. The van der Waals surface area contributed by atoms with Crippen LogP contribution in [0, 0.1) is 13.8 Å². The first-order chi connectivity index (χ1) is 14.3. The van der Waals surface area contributed by atoms with Crippen molar-refractivity contribution in [2.45, 2.75) is 33.8 Å². The average molecular weight is 408 g/mol. The molecule has 0 spiro atoms. The first kappa shape index (κ1) is 21.6. The third kappa shape index (κ3) is 4.54. The Hall–Kier alpha value is -3.12. The Balaban J connectivity index is 2.00. The maximum atomic E-state index is 13.2. The second-order valence-electron chi connectivity index (χ2n) is 7.59. The zero-order valence-electron chi connectivity index (χ0n) is 18.1. The van der Waals surface area contributed by atoms with E-state index in [9.17, 15) is 9.59 Å². The molecule has 0 unspecified atom stereocenters. The minimum atomic E-state index is -0.358. The van der Waals surface area contributed by atoms with Gasteiger partial charge in [-0.2, -0.15) is 0 Å². The van der Waals surface area contributed by atoms with Crippen molar-refractivity contribution >= 4 is 23.1 Å². The number of nitrogens with zero attached hydrogens (tertiary/aromatic N) is 1. The topological polar surface area (TPSA) is 67.9 Å². The van der Waals surface area contributed by atoms with Crippen LogP contribution in [0.1, 0.15) is 30.5 Å². The molecule has 6 heteroatoms. The fourth-order valence-electron chi connectivity index (χ4n) is 3.28. The molecule has 30 heavy (non-hydrogen) atoms. The second-order valence-corrected chi connectivity index (χ2v) is 7.59. The molecule has 2 aromatic carbocycles. The highest BCUT2D eigenvalue weighted by Crippen LogP contribution is 2.32. The summed E-state index contributed by atoms with van der Waals surface area (Å²) in [7, 11) is 1.58. The van der Waals surface area contributed by atoms with E-state index < -0.39 is 0 Å². The fourth-order valence-corrected chi connectivity index (χ4v) is 3.28. The number of nitrogens with one attached hydrogen (secondary N) is 1. The van der Waals surface area contributed by atoms with Gasteiger partial charge in [-0.05, 0) is 56.5 Å². The lowest BCUT2D eigenvalue weighted by atomic mass is 9.99. The molecule has 6 nitrogen and oxygen atoms in total. The molecule has 1 heterocycles. The number of amides is 2.